The van der Waals surface area contributed by atoms with Gasteiger partial charge in [-0.2, -0.15) is 35.4 Å². The van der Waals surface area contributed by atoms with E-state index in [1.807, 2.05) is 219 Å². The molecule has 0 radical (unpaired) electrons. The number of hydrogen-bond acceptors (Lipinski definition) is 22. The molecule has 0 saturated carbocycles. The van der Waals surface area contributed by atoms with E-state index < -0.39 is 40.7 Å². The van der Waals surface area contributed by atoms with Crippen molar-refractivity contribution in [3.63, 3.8) is 0 Å². The van der Waals surface area contributed by atoms with E-state index >= 15 is 0 Å². The van der Waals surface area contributed by atoms with E-state index in [1.165, 1.54) is 76.9 Å². The van der Waals surface area contributed by atoms with E-state index in [2.05, 4.69) is 117 Å². The molecule has 18 aromatic rings. The SMILES string of the molecule is COc1ccc(Cn2ccc3cc(/C=C/C(=O)ON)ccc32)cc1.NOC(=O)/C=C/c1ccc2c(ccn2Cc2ccc(F)cc2)c1.NOC(=O)/C=C/c1ccc2c(ccn2Cc2ccc(N)cc2)c1.NOC(=O)/C=C/c1ccc2c(ccn2Cc2ccc([N+](=O)[O-])cc2)c1.NOC(=O)/C=C/c1ccc2c(ccn2Cc2ccccc2)c1.NOC(=O)c1ccc2c(ccn2Cc2ccccc2)c1. The maximum Gasteiger partial charge on any atom is 0.356 e. The third-order valence-electron chi connectivity index (χ3n) is 21.7. The molecule has 30 heteroatoms. The maximum atomic E-state index is 13.0. The number of aromatic nitrogens is 6. The number of carbonyl (C=O) groups excluding carboxylic acids is 6. The number of anilines is 1. The molecule has 0 atom stereocenters. The van der Waals surface area contributed by atoms with Crippen molar-refractivity contribution in [1.82, 2.24) is 27.4 Å². The van der Waals surface area contributed by atoms with Crippen LogP contribution < -0.4 is 45.9 Å². The first kappa shape index (κ1) is 96.6. The van der Waals surface area contributed by atoms with Gasteiger partial charge in [-0.05, 0) is 243 Å². The predicted molar refractivity (Wildman–Crippen MR) is 529 cm³/mol. The predicted octanol–water partition coefficient (Wildman–Crippen LogP) is 18.0. The van der Waals surface area contributed by atoms with Gasteiger partial charge in [0.05, 0.1) is 17.6 Å². The van der Waals surface area contributed by atoms with Crippen molar-refractivity contribution in [3.05, 3.63) is 454 Å². The Labute approximate surface area is 784 Å². The summed E-state index contributed by atoms with van der Waals surface area (Å²) in [6, 6.07) is 96.6. The normalized spacial score (nSPS) is 11.1. The largest absolute Gasteiger partial charge is 0.497 e. The van der Waals surface area contributed by atoms with Crippen LogP contribution in [0.4, 0.5) is 15.8 Å². The lowest BCUT2D eigenvalue weighted by Crippen LogP contribution is -2.09. The van der Waals surface area contributed by atoms with Crippen LogP contribution in [0.15, 0.2) is 371 Å². The van der Waals surface area contributed by atoms with Gasteiger partial charge in [0.25, 0.3) is 5.69 Å². The summed E-state index contributed by atoms with van der Waals surface area (Å²) in [5.41, 5.74) is 24.9. The van der Waals surface area contributed by atoms with Crippen LogP contribution in [0, 0.1) is 15.9 Å². The topological polar surface area (TPSA) is 422 Å². The van der Waals surface area contributed by atoms with Crippen LogP contribution in [-0.4, -0.2) is 75.3 Å². The van der Waals surface area contributed by atoms with E-state index in [9.17, 15) is 43.3 Å². The van der Waals surface area contributed by atoms with E-state index in [4.69, 9.17) is 45.9 Å². The fourth-order valence-corrected chi connectivity index (χ4v) is 14.9. The number of carbonyl (C=O) groups is 6. The summed E-state index contributed by atoms with van der Waals surface area (Å²) in [4.78, 5) is 102. The number of nitrogen functional groups attached to an aromatic ring is 1. The molecule has 0 spiro atoms. The Morgan fingerprint density at radius 3 is 0.818 bits per heavy atom. The average Bonchev–Trinajstić information content (AvgIpc) is 1.58. The van der Waals surface area contributed by atoms with Gasteiger partial charge in [-0.15, -0.1) is 0 Å². The van der Waals surface area contributed by atoms with Gasteiger partial charge in [-0.3, -0.25) is 10.1 Å². The Bertz CT molecular complexity index is 7260. The molecule has 29 nitrogen and oxygen atoms in total. The molecule has 6 heterocycles. The van der Waals surface area contributed by atoms with Crippen LogP contribution >= 0.6 is 0 Å². The molecule has 0 amide bonds. The van der Waals surface area contributed by atoms with Crippen molar-refractivity contribution >= 4 is 143 Å². The van der Waals surface area contributed by atoms with Gasteiger partial charge >= 0.3 is 35.8 Å². The van der Waals surface area contributed by atoms with Crippen molar-refractivity contribution < 1.29 is 71.8 Å². The number of nitro groups is 1. The smallest absolute Gasteiger partial charge is 0.356 e. The highest BCUT2D eigenvalue weighted by Crippen LogP contribution is 2.29. The Kier molecular flexibility index (Phi) is 33.7. The fraction of sp³-hybridized carbons (Fsp3) is 0.0654. The quantitative estimate of drug-likeness (QED) is 0.0121. The second-order valence-corrected chi connectivity index (χ2v) is 30.9. The first-order valence-electron chi connectivity index (χ1n) is 42.5. The van der Waals surface area contributed by atoms with Gasteiger partial charge < -0.3 is 66.9 Å². The Balaban J connectivity index is 0.000000139. The molecular weight excluding hydrogens is 1740 g/mol. The zero-order chi connectivity index (χ0) is 96.5. The summed E-state index contributed by atoms with van der Waals surface area (Å²) in [5, 5.41) is 17.1. The van der Waals surface area contributed by atoms with E-state index in [0.29, 0.717) is 18.7 Å². The van der Waals surface area contributed by atoms with E-state index in [0.717, 1.165) is 142 Å². The number of methoxy groups -OCH3 is 1. The number of halogens is 1. The molecule has 18 rings (SSSR count). The van der Waals surface area contributed by atoms with Crippen molar-refractivity contribution in [2.24, 2.45) is 35.4 Å². The number of nitro benzene ring substituents is 1. The standard InChI is InChI=1S/C19H18N2O3.C18H15FN2O2.C18H15N3O4.C18H17N3O2.C18H16N2O2.C16H14N2O2/c1-23-17-6-2-15(3-7-17)13-21-11-10-16-12-14(4-8-18(16)21)5-9-19(22)24-20;19-16-5-1-14(2-6-16)12-21-10-9-15-11-13(3-7-17(15)21)4-8-18(22)23-20;19-25-18(22)8-4-13-3-7-17-15(11-13)9-10-20(17)12-14-1-5-16(6-2-14)21(23)24;19-16-5-1-14(2-6-16)12-21-10-9-15-11-13(3-7-17(15)21)4-8-18(22)23-20;19-22-18(21)9-7-14-6-8-17-16(12-14)10-11-20(17)13-15-4-2-1-3-5-15;17-20-16(19)14-6-7-15-13(10-14)8-9-18(15)11-12-4-2-1-3-5-12/h2-12H,13,20H2,1H3;1-11H,12,20H2;1-11H,12,19H2;1-11H,12,19-20H2;1-12H,13,19H2;1-10H,11,17H2/b9-5+;3*8-4+;9-7+;. The monoisotopic (exact) mass is 1830 g/mol. The maximum absolute atomic E-state index is 13.0. The highest BCUT2D eigenvalue weighted by atomic mass is 19.1. The lowest BCUT2D eigenvalue weighted by Gasteiger charge is -2.07. The highest BCUT2D eigenvalue weighted by molar-refractivity contribution is 5.96. The summed E-state index contributed by atoms with van der Waals surface area (Å²) in [6.45, 7) is 4.46. The molecule has 14 N–H and O–H groups in total. The van der Waals surface area contributed by atoms with Gasteiger partial charge in [0.15, 0.2) is 0 Å². The van der Waals surface area contributed by atoms with Crippen molar-refractivity contribution in [3.8, 4) is 5.75 Å². The lowest BCUT2D eigenvalue weighted by atomic mass is 10.1. The molecule has 6 aromatic heterocycles. The lowest BCUT2D eigenvalue weighted by molar-refractivity contribution is -0.384. The molecule has 0 aliphatic rings. The minimum absolute atomic E-state index is 0.0774. The van der Waals surface area contributed by atoms with Crippen LogP contribution in [0.25, 0.3) is 95.8 Å². The number of ether oxygens (including phenoxy) is 1. The first-order valence-corrected chi connectivity index (χ1v) is 42.5. The van der Waals surface area contributed by atoms with Gasteiger partial charge in [0.2, 0.25) is 0 Å². The minimum atomic E-state index is -0.615. The Hall–Kier alpha value is -17.9. The third-order valence-corrected chi connectivity index (χ3v) is 21.7. The van der Waals surface area contributed by atoms with Crippen LogP contribution in [0.1, 0.15) is 71.6 Å². The Morgan fingerprint density at radius 1 is 0.307 bits per heavy atom. The average molecular weight is 1840 g/mol. The van der Waals surface area contributed by atoms with Crippen molar-refractivity contribution in [1.29, 1.82) is 0 Å². The van der Waals surface area contributed by atoms with Gasteiger partial charge in [0.1, 0.15) is 11.6 Å². The molecule has 12 aromatic carbocycles. The van der Waals surface area contributed by atoms with Gasteiger partial charge in [-0.25, -0.2) is 33.2 Å². The fourth-order valence-electron chi connectivity index (χ4n) is 14.9. The number of nitrogens with zero attached hydrogens (tertiary/aromatic N) is 7. The molecule has 0 aliphatic carbocycles. The summed E-state index contributed by atoms with van der Waals surface area (Å²) in [5.74, 6) is 26.0. The summed E-state index contributed by atoms with van der Waals surface area (Å²) in [6.07, 6.45) is 26.9. The van der Waals surface area contributed by atoms with Crippen molar-refractivity contribution in [2.45, 2.75) is 39.3 Å². The molecule has 0 unspecified atom stereocenters. The van der Waals surface area contributed by atoms with E-state index in [-0.39, 0.29) is 11.5 Å². The summed E-state index contributed by atoms with van der Waals surface area (Å²) < 4.78 is 31.0. The number of benzene rings is 12. The molecule has 0 saturated heterocycles. The van der Waals surface area contributed by atoms with Gasteiger partial charge in [-0.1, -0.05) is 140 Å². The second kappa shape index (κ2) is 47.8. The molecule has 137 heavy (non-hydrogen) atoms. The molecule has 0 aliphatic heterocycles. The van der Waals surface area contributed by atoms with Crippen LogP contribution in [0.3, 0.4) is 0 Å². The number of fused-ring (bicyclic) bond motifs is 6. The number of hydrogen-bond donors (Lipinski definition) is 7. The number of non-ortho nitro benzene ring substituents is 1. The van der Waals surface area contributed by atoms with Crippen LogP contribution in [0.5, 0.6) is 5.75 Å². The molecule has 0 bridgehead atoms. The molecular formula is C107H95FN14O15. The number of rotatable bonds is 25. The van der Waals surface area contributed by atoms with Crippen LogP contribution in [0.2, 0.25) is 0 Å². The van der Waals surface area contributed by atoms with E-state index in [1.54, 1.807) is 73.9 Å². The molecule has 690 valence electrons. The highest BCUT2D eigenvalue weighted by Gasteiger charge is 2.14. The third kappa shape index (κ3) is 27.4. The first-order chi connectivity index (χ1) is 66.6. The minimum Gasteiger partial charge on any atom is -0.497 e. The van der Waals surface area contributed by atoms with Crippen molar-refractivity contribution in [2.75, 3.05) is 12.8 Å². The van der Waals surface area contributed by atoms with Gasteiger partial charge in [0, 0.05) is 190 Å². The van der Waals surface area contributed by atoms with Crippen LogP contribution in [-0.2, 0) is 92.3 Å². The molecule has 0 fully saturated rings. The summed E-state index contributed by atoms with van der Waals surface area (Å²) >= 11 is 0. The zero-order valence-corrected chi connectivity index (χ0v) is 74.0. The number of nitrogens with two attached hydrogens (primary N) is 7. The Morgan fingerprint density at radius 2 is 0.555 bits per heavy atom. The zero-order valence-electron chi connectivity index (χ0n) is 74.0. The summed E-state index contributed by atoms with van der Waals surface area (Å²) in [7, 11) is 1.66. The second-order valence-electron chi connectivity index (χ2n) is 30.9.